The Bertz CT molecular complexity index is 146. The molecule has 0 bridgehead atoms. The molecule has 0 aromatic heterocycles. The average Bonchev–Trinajstić information content (AvgIpc) is 2.17. The maximum Gasteiger partial charge on any atom is 0.325 e. The number of nitrogens with zero attached hydrogens (tertiary/aromatic N) is 1. The van der Waals surface area contributed by atoms with Crippen LogP contribution in [0.15, 0.2) is 0 Å². The molecule has 0 aromatic carbocycles. The maximum absolute atomic E-state index is 9.98. The van der Waals surface area contributed by atoms with Gasteiger partial charge in [-0.2, -0.15) is 0 Å². The minimum atomic E-state index is -1.39. The van der Waals surface area contributed by atoms with Crippen LogP contribution in [0.1, 0.15) is 20.8 Å². The molecule has 1 N–H and O–H groups in total. The number of likely N-dealkylation sites (N-methyl/N-ethyl adjacent to an activating group) is 1. The van der Waals surface area contributed by atoms with Crippen molar-refractivity contribution in [3.8, 4) is 0 Å². The van der Waals surface area contributed by atoms with Gasteiger partial charge in [-0.3, -0.25) is 4.90 Å². The first-order valence-electron chi connectivity index (χ1n) is 5.30. The van der Waals surface area contributed by atoms with Gasteiger partial charge in [0.2, 0.25) is 0 Å². The van der Waals surface area contributed by atoms with Gasteiger partial charge in [-0.05, 0) is 34.9 Å². The van der Waals surface area contributed by atoms with Gasteiger partial charge in [-0.1, -0.05) is 0 Å². The van der Waals surface area contributed by atoms with Crippen LogP contribution < -0.4 is 0 Å². The Balaban J connectivity index is 4.73. The zero-order chi connectivity index (χ0) is 11.9. The molecule has 1 unspecified atom stereocenters. The number of ether oxygens (including phenoxy) is 3. The lowest BCUT2D eigenvalue weighted by Crippen LogP contribution is -2.56. The summed E-state index contributed by atoms with van der Waals surface area (Å²) in [4.78, 5) is 1.58. The molecule has 0 amide bonds. The number of hydrogen-bond donors (Lipinski definition) is 1. The molecule has 0 saturated carbocycles. The third kappa shape index (κ3) is 4.04. The van der Waals surface area contributed by atoms with Gasteiger partial charge in [-0.25, -0.2) is 0 Å². The summed E-state index contributed by atoms with van der Waals surface area (Å²) < 4.78 is 16.2. The van der Waals surface area contributed by atoms with Gasteiger partial charge in [0.25, 0.3) is 0 Å². The van der Waals surface area contributed by atoms with E-state index in [4.69, 9.17) is 14.2 Å². The average molecular weight is 221 g/mol. The van der Waals surface area contributed by atoms with E-state index in [2.05, 4.69) is 0 Å². The van der Waals surface area contributed by atoms with E-state index in [1.165, 1.54) is 0 Å². The lowest BCUT2D eigenvalue weighted by molar-refractivity contribution is -0.426. The Hall–Kier alpha value is -0.200. The summed E-state index contributed by atoms with van der Waals surface area (Å²) in [6.45, 7) is 6.71. The first-order chi connectivity index (χ1) is 7.04. The number of hydrogen-bond acceptors (Lipinski definition) is 5. The molecule has 1 atom stereocenters. The molecule has 0 aliphatic heterocycles. The van der Waals surface area contributed by atoms with E-state index in [0.29, 0.717) is 19.8 Å². The molecule has 0 saturated heterocycles. The van der Waals surface area contributed by atoms with E-state index in [-0.39, 0.29) is 0 Å². The highest BCUT2D eigenvalue weighted by Gasteiger charge is 2.42. The Morgan fingerprint density at radius 2 is 1.33 bits per heavy atom. The van der Waals surface area contributed by atoms with Crippen molar-refractivity contribution < 1.29 is 19.3 Å². The summed E-state index contributed by atoms with van der Waals surface area (Å²) in [5.41, 5.74) is 0. The molecule has 0 aromatic rings. The van der Waals surface area contributed by atoms with Crippen LogP contribution in [0.5, 0.6) is 0 Å². The molecule has 0 spiro atoms. The highest BCUT2D eigenvalue weighted by molar-refractivity contribution is 4.67. The van der Waals surface area contributed by atoms with Crippen molar-refractivity contribution in [2.45, 2.75) is 33.0 Å². The van der Waals surface area contributed by atoms with Gasteiger partial charge in [0.05, 0.1) is 0 Å². The molecular weight excluding hydrogens is 198 g/mol. The number of aliphatic hydroxyl groups is 1. The molecule has 15 heavy (non-hydrogen) atoms. The Morgan fingerprint density at radius 3 is 1.53 bits per heavy atom. The second-order valence-corrected chi connectivity index (χ2v) is 3.24. The monoisotopic (exact) mass is 221 g/mol. The van der Waals surface area contributed by atoms with Crippen LogP contribution in [0.3, 0.4) is 0 Å². The van der Waals surface area contributed by atoms with Crippen molar-refractivity contribution >= 4 is 0 Å². The predicted molar refractivity (Wildman–Crippen MR) is 57.3 cm³/mol. The van der Waals surface area contributed by atoms with Gasteiger partial charge in [0.1, 0.15) is 0 Å². The van der Waals surface area contributed by atoms with Gasteiger partial charge >= 0.3 is 5.97 Å². The van der Waals surface area contributed by atoms with Gasteiger partial charge in [0, 0.05) is 19.8 Å². The maximum atomic E-state index is 9.98. The van der Waals surface area contributed by atoms with E-state index in [1.807, 2.05) is 20.8 Å². The second-order valence-electron chi connectivity index (χ2n) is 3.24. The van der Waals surface area contributed by atoms with Crippen molar-refractivity contribution in [3.05, 3.63) is 0 Å². The molecule has 0 aliphatic carbocycles. The lowest BCUT2D eigenvalue weighted by Gasteiger charge is -2.38. The summed E-state index contributed by atoms with van der Waals surface area (Å²) >= 11 is 0. The number of rotatable bonds is 8. The SMILES string of the molecule is CCOC(OCC)(OCC)C(O)N(C)C. The molecule has 0 heterocycles. The third-order valence-electron chi connectivity index (χ3n) is 1.84. The predicted octanol–water partition coefficient (Wildman–Crippen LogP) is 0.630. The first kappa shape index (κ1) is 14.8. The highest BCUT2D eigenvalue weighted by atomic mass is 16.9. The Kier molecular flexibility index (Phi) is 7.04. The fraction of sp³-hybridized carbons (Fsp3) is 1.00. The number of aliphatic hydroxyl groups excluding tert-OH is 1. The molecule has 5 nitrogen and oxygen atoms in total. The smallest absolute Gasteiger partial charge is 0.325 e. The summed E-state index contributed by atoms with van der Waals surface area (Å²) in [7, 11) is 3.47. The molecule has 0 fully saturated rings. The lowest BCUT2D eigenvalue weighted by atomic mass is 10.4. The van der Waals surface area contributed by atoms with Crippen molar-refractivity contribution in [2.24, 2.45) is 0 Å². The zero-order valence-corrected chi connectivity index (χ0v) is 10.3. The molecule has 0 radical (unpaired) electrons. The van der Waals surface area contributed by atoms with Crippen LogP contribution in [-0.2, 0) is 14.2 Å². The molecule has 0 aliphatic rings. The summed E-state index contributed by atoms with van der Waals surface area (Å²) in [5.74, 6) is -1.39. The van der Waals surface area contributed by atoms with Crippen LogP contribution in [0.4, 0.5) is 0 Å². The largest absolute Gasteiger partial charge is 0.371 e. The molecular formula is C10H23NO4. The fourth-order valence-electron chi connectivity index (χ4n) is 1.27. The topological polar surface area (TPSA) is 51.2 Å². The fourth-order valence-corrected chi connectivity index (χ4v) is 1.27. The van der Waals surface area contributed by atoms with E-state index in [0.717, 1.165) is 0 Å². The van der Waals surface area contributed by atoms with Crippen molar-refractivity contribution in [1.82, 2.24) is 4.90 Å². The standard InChI is InChI=1S/C10H23NO4/c1-6-13-10(14-7-2,15-8-3)9(12)11(4)5/h9,12H,6-8H2,1-5H3. The van der Waals surface area contributed by atoms with Gasteiger partial charge in [-0.15, -0.1) is 0 Å². The van der Waals surface area contributed by atoms with Crippen LogP contribution in [0.25, 0.3) is 0 Å². The Morgan fingerprint density at radius 1 is 1.00 bits per heavy atom. The van der Waals surface area contributed by atoms with Gasteiger partial charge in [0.15, 0.2) is 6.23 Å². The third-order valence-corrected chi connectivity index (χ3v) is 1.84. The molecule has 92 valence electrons. The minimum absolute atomic E-state index is 0.408. The second kappa shape index (κ2) is 7.14. The van der Waals surface area contributed by atoms with E-state index < -0.39 is 12.2 Å². The molecule has 0 rings (SSSR count). The van der Waals surface area contributed by atoms with Crippen LogP contribution >= 0.6 is 0 Å². The van der Waals surface area contributed by atoms with E-state index in [9.17, 15) is 5.11 Å². The van der Waals surface area contributed by atoms with Gasteiger partial charge < -0.3 is 19.3 Å². The zero-order valence-electron chi connectivity index (χ0n) is 10.3. The summed E-state index contributed by atoms with van der Waals surface area (Å²) in [6, 6.07) is 0. The first-order valence-corrected chi connectivity index (χ1v) is 5.30. The summed E-state index contributed by atoms with van der Waals surface area (Å²) in [6.07, 6.45) is -0.961. The Labute approximate surface area is 91.9 Å². The van der Waals surface area contributed by atoms with Crippen molar-refractivity contribution in [3.63, 3.8) is 0 Å². The van der Waals surface area contributed by atoms with Crippen LogP contribution in [0, 0.1) is 0 Å². The normalized spacial score (nSPS) is 14.6. The molecule has 5 heteroatoms. The van der Waals surface area contributed by atoms with Crippen LogP contribution in [-0.4, -0.2) is 56.1 Å². The van der Waals surface area contributed by atoms with Crippen molar-refractivity contribution in [1.29, 1.82) is 0 Å². The van der Waals surface area contributed by atoms with Crippen molar-refractivity contribution in [2.75, 3.05) is 33.9 Å². The highest BCUT2D eigenvalue weighted by Crippen LogP contribution is 2.21. The van der Waals surface area contributed by atoms with E-state index >= 15 is 0 Å². The van der Waals surface area contributed by atoms with E-state index in [1.54, 1.807) is 19.0 Å². The van der Waals surface area contributed by atoms with Crippen LogP contribution in [0.2, 0.25) is 0 Å². The minimum Gasteiger partial charge on any atom is -0.371 e. The quantitative estimate of drug-likeness (QED) is 0.609. The summed E-state index contributed by atoms with van der Waals surface area (Å²) in [5, 5.41) is 9.98.